The van der Waals surface area contributed by atoms with Crippen LogP contribution in [0.2, 0.25) is 0 Å². The molecule has 0 spiro atoms. The predicted octanol–water partition coefficient (Wildman–Crippen LogP) is -0.513. The van der Waals surface area contributed by atoms with Gasteiger partial charge in [0.2, 0.25) is 0 Å². The standard InChI is InChI=1S/C7H9NO3/c9-5-3-4-1-2-8(4)6(5)7(10)11/h4,6H,1-3H2,(H,10,11). The maximum absolute atomic E-state index is 11.1. The van der Waals surface area contributed by atoms with Gasteiger partial charge in [-0.3, -0.25) is 14.5 Å². The highest BCUT2D eigenvalue weighted by Gasteiger charge is 2.48. The molecule has 2 heterocycles. The molecule has 2 rings (SSSR count). The molecule has 2 aliphatic heterocycles. The Bertz CT molecular complexity index is 226. The van der Waals surface area contributed by atoms with Crippen LogP contribution in [0.3, 0.4) is 0 Å². The fourth-order valence-corrected chi connectivity index (χ4v) is 1.83. The van der Waals surface area contributed by atoms with Crippen molar-refractivity contribution in [3.05, 3.63) is 0 Å². The smallest absolute Gasteiger partial charge is 0.328 e. The Kier molecular flexibility index (Phi) is 1.26. The van der Waals surface area contributed by atoms with E-state index in [1.54, 1.807) is 4.90 Å². The molecule has 11 heavy (non-hydrogen) atoms. The molecule has 2 saturated heterocycles. The minimum atomic E-state index is -0.989. The van der Waals surface area contributed by atoms with Crippen LogP contribution in [0.4, 0.5) is 0 Å². The number of carboxylic acids is 1. The number of hydrogen-bond donors (Lipinski definition) is 1. The molecule has 0 amide bonds. The van der Waals surface area contributed by atoms with Crippen molar-refractivity contribution in [2.24, 2.45) is 0 Å². The Morgan fingerprint density at radius 2 is 2.36 bits per heavy atom. The Morgan fingerprint density at radius 3 is 2.64 bits per heavy atom. The lowest BCUT2D eigenvalue weighted by molar-refractivity contribution is -0.147. The molecule has 4 nitrogen and oxygen atoms in total. The zero-order valence-corrected chi connectivity index (χ0v) is 5.99. The summed E-state index contributed by atoms with van der Waals surface area (Å²) in [5.41, 5.74) is 0. The highest BCUT2D eigenvalue weighted by molar-refractivity contribution is 6.04. The van der Waals surface area contributed by atoms with Gasteiger partial charge >= 0.3 is 5.97 Å². The highest BCUT2D eigenvalue weighted by atomic mass is 16.4. The maximum Gasteiger partial charge on any atom is 0.328 e. The summed E-state index contributed by atoms with van der Waals surface area (Å²) in [7, 11) is 0. The molecule has 0 aromatic heterocycles. The van der Waals surface area contributed by atoms with Crippen LogP contribution in [0.25, 0.3) is 0 Å². The topological polar surface area (TPSA) is 57.6 Å². The van der Waals surface area contributed by atoms with E-state index in [1.165, 1.54) is 0 Å². The van der Waals surface area contributed by atoms with Gasteiger partial charge in [-0.05, 0) is 6.42 Å². The molecule has 2 aliphatic rings. The summed E-state index contributed by atoms with van der Waals surface area (Å²) >= 11 is 0. The summed E-state index contributed by atoms with van der Waals surface area (Å²) in [6.45, 7) is 0.771. The average Bonchev–Trinajstić information content (AvgIpc) is 2.10. The van der Waals surface area contributed by atoms with Gasteiger partial charge in [0.1, 0.15) is 0 Å². The van der Waals surface area contributed by atoms with Crippen LogP contribution in [0, 0.1) is 0 Å². The molecule has 2 unspecified atom stereocenters. The lowest BCUT2D eigenvalue weighted by Crippen LogP contribution is -2.50. The van der Waals surface area contributed by atoms with Gasteiger partial charge in [-0.25, -0.2) is 0 Å². The first-order chi connectivity index (χ1) is 5.20. The number of carboxylic acid groups (broad SMARTS) is 1. The number of ketones is 1. The van der Waals surface area contributed by atoms with Crippen LogP contribution < -0.4 is 0 Å². The number of nitrogens with zero attached hydrogens (tertiary/aromatic N) is 1. The van der Waals surface area contributed by atoms with Crippen LogP contribution in [0.15, 0.2) is 0 Å². The van der Waals surface area contributed by atoms with Gasteiger partial charge in [0, 0.05) is 19.0 Å². The van der Waals surface area contributed by atoms with Crippen molar-refractivity contribution in [2.75, 3.05) is 6.54 Å². The lowest BCUT2D eigenvalue weighted by Gasteiger charge is -2.36. The number of carbonyl (C=O) groups is 2. The van der Waals surface area contributed by atoms with Crippen molar-refractivity contribution in [3.8, 4) is 0 Å². The normalized spacial score (nSPS) is 36.5. The molecule has 0 aliphatic carbocycles. The summed E-state index contributed by atoms with van der Waals surface area (Å²) in [5, 5.41) is 8.64. The van der Waals surface area contributed by atoms with Crippen molar-refractivity contribution >= 4 is 11.8 Å². The Morgan fingerprint density at radius 1 is 1.64 bits per heavy atom. The SMILES string of the molecule is O=C(O)C1C(=O)CC2CCN21. The highest BCUT2D eigenvalue weighted by Crippen LogP contribution is 2.31. The molecule has 4 heteroatoms. The first-order valence-corrected chi connectivity index (χ1v) is 3.71. The van der Waals surface area contributed by atoms with E-state index in [0.717, 1.165) is 13.0 Å². The van der Waals surface area contributed by atoms with Gasteiger partial charge in [0.05, 0.1) is 0 Å². The molecule has 0 bridgehead atoms. The molecule has 2 atom stereocenters. The van der Waals surface area contributed by atoms with Gasteiger partial charge < -0.3 is 5.11 Å². The fraction of sp³-hybridized carbons (Fsp3) is 0.714. The minimum Gasteiger partial charge on any atom is -0.480 e. The second kappa shape index (κ2) is 2.04. The van der Waals surface area contributed by atoms with Gasteiger partial charge in [-0.15, -0.1) is 0 Å². The van der Waals surface area contributed by atoms with Gasteiger partial charge in [0.15, 0.2) is 11.8 Å². The Hall–Kier alpha value is -0.900. The summed E-state index contributed by atoms with van der Waals surface area (Å²) in [4.78, 5) is 23.4. The molecule has 0 aromatic rings. The molecule has 2 fully saturated rings. The second-order valence-electron chi connectivity index (χ2n) is 3.09. The van der Waals surface area contributed by atoms with Crippen LogP contribution >= 0.6 is 0 Å². The van der Waals surface area contributed by atoms with Crippen molar-refractivity contribution in [1.29, 1.82) is 0 Å². The minimum absolute atomic E-state index is 0.125. The van der Waals surface area contributed by atoms with E-state index < -0.39 is 12.0 Å². The molecule has 0 aromatic carbocycles. The van der Waals surface area contributed by atoms with Crippen LogP contribution in [-0.2, 0) is 9.59 Å². The van der Waals surface area contributed by atoms with Crippen molar-refractivity contribution in [2.45, 2.75) is 24.9 Å². The number of carbonyl (C=O) groups excluding carboxylic acids is 1. The van der Waals surface area contributed by atoms with E-state index in [4.69, 9.17) is 5.11 Å². The number of fused-ring (bicyclic) bond motifs is 1. The molecule has 1 N–H and O–H groups in total. The Balaban J connectivity index is 2.19. The van der Waals surface area contributed by atoms with Gasteiger partial charge in [-0.1, -0.05) is 0 Å². The van der Waals surface area contributed by atoms with Crippen LogP contribution in [-0.4, -0.2) is 40.4 Å². The third-order valence-electron chi connectivity index (χ3n) is 2.50. The van der Waals surface area contributed by atoms with Crippen molar-refractivity contribution in [3.63, 3.8) is 0 Å². The number of Topliss-reactive ketones (excluding diaryl/α,β-unsaturated/α-hetero) is 1. The van der Waals surface area contributed by atoms with E-state index in [-0.39, 0.29) is 11.8 Å². The van der Waals surface area contributed by atoms with Crippen LogP contribution in [0.5, 0.6) is 0 Å². The van der Waals surface area contributed by atoms with E-state index in [0.29, 0.717) is 6.42 Å². The van der Waals surface area contributed by atoms with Crippen molar-refractivity contribution in [1.82, 2.24) is 4.90 Å². The summed E-state index contributed by atoms with van der Waals surface area (Å²) in [5.74, 6) is -1.11. The lowest BCUT2D eigenvalue weighted by atomic mass is 10.1. The monoisotopic (exact) mass is 155 g/mol. The van der Waals surface area contributed by atoms with Gasteiger partial charge in [0.25, 0.3) is 0 Å². The molecule has 60 valence electrons. The van der Waals surface area contributed by atoms with E-state index >= 15 is 0 Å². The largest absolute Gasteiger partial charge is 0.480 e. The molecule has 0 radical (unpaired) electrons. The fourth-order valence-electron chi connectivity index (χ4n) is 1.83. The number of rotatable bonds is 1. The molecule has 0 saturated carbocycles. The second-order valence-corrected chi connectivity index (χ2v) is 3.09. The quantitative estimate of drug-likeness (QED) is 0.518. The molecular weight excluding hydrogens is 146 g/mol. The van der Waals surface area contributed by atoms with E-state index in [9.17, 15) is 9.59 Å². The number of aliphatic carboxylic acids is 1. The first kappa shape index (κ1) is 6.79. The average molecular weight is 155 g/mol. The predicted molar refractivity (Wildman–Crippen MR) is 36.2 cm³/mol. The zero-order valence-electron chi connectivity index (χ0n) is 5.99. The summed E-state index contributed by atoms with van der Waals surface area (Å²) < 4.78 is 0. The molecular formula is C7H9NO3. The Labute approximate surface area is 63.8 Å². The van der Waals surface area contributed by atoms with E-state index in [1.807, 2.05) is 0 Å². The maximum atomic E-state index is 11.1. The zero-order chi connectivity index (χ0) is 8.01. The third kappa shape index (κ3) is 0.790. The van der Waals surface area contributed by atoms with Crippen molar-refractivity contribution < 1.29 is 14.7 Å². The van der Waals surface area contributed by atoms with Crippen LogP contribution in [0.1, 0.15) is 12.8 Å². The van der Waals surface area contributed by atoms with Gasteiger partial charge in [-0.2, -0.15) is 0 Å². The third-order valence-corrected chi connectivity index (χ3v) is 2.50. The van der Waals surface area contributed by atoms with E-state index in [2.05, 4.69) is 0 Å². The number of hydrogen-bond acceptors (Lipinski definition) is 3. The first-order valence-electron chi connectivity index (χ1n) is 3.71. The summed E-state index contributed by atoms with van der Waals surface area (Å²) in [6.07, 6.45) is 1.42. The summed E-state index contributed by atoms with van der Waals surface area (Å²) in [6, 6.07) is -0.586.